The zero-order valence-electron chi connectivity index (χ0n) is 15.9. The smallest absolute Gasteiger partial charge is 0.00773 e. The molecule has 0 rings (SSSR count). The summed E-state index contributed by atoms with van der Waals surface area (Å²) in [6.07, 6.45) is 30.9. The van der Waals surface area contributed by atoms with Crippen molar-refractivity contribution in [3.8, 4) is 0 Å². The number of hydrogen-bond donors (Lipinski definition) is 1. The van der Waals surface area contributed by atoms with Gasteiger partial charge in [-0.15, -0.1) is 0 Å². The molecule has 0 fully saturated rings. The van der Waals surface area contributed by atoms with Crippen molar-refractivity contribution in [1.29, 1.82) is 0 Å². The Morgan fingerprint density at radius 1 is 0.478 bits per heavy atom. The molecule has 0 aromatic heterocycles. The van der Waals surface area contributed by atoms with E-state index >= 15 is 0 Å². The lowest BCUT2D eigenvalue weighted by atomic mass is 10.1. The lowest BCUT2D eigenvalue weighted by molar-refractivity contribution is 0.600. The molecule has 0 atom stereocenters. The van der Waals surface area contributed by atoms with Crippen molar-refractivity contribution in [1.82, 2.24) is 0 Å². The van der Waals surface area contributed by atoms with Gasteiger partial charge in [0, 0.05) is 0 Å². The second kappa shape index (κ2) is 21.4. The van der Waals surface area contributed by atoms with Gasteiger partial charge in [0.1, 0.15) is 0 Å². The van der Waals surface area contributed by atoms with E-state index in [0.717, 1.165) is 6.54 Å². The molecule has 2 N–H and O–H groups in total. The van der Waals surface area contributed by atoms with E-state index in [1.807, 2.05) is 0 Å². The van der Waals surface area contributed by atoms with Crippen molar-refractivity contribution in [2.45, 2.75) is 110 Å². The molecular weight excluding hydrogens is 278 g/mol. The molecule has 0 bridgehead atoms. The molecule has 1 nitrogen and oxygen atoms in total. The quantitative estimate of drug-likeness (QED) is 0.208. The van der Waals surface area contributed by atoms with Gasteiger partial charge in [-0.05, 0) is 51.5 Å². The summed E-state index contributed by atoms with van der Waals surface area (Å²) < 4.78 is 0. The number of nitrogens with two attached hydrogens (primary N) is 1. The molecule has 0 aromatic carbocycles. The number of rotatable bonds is 18. The van der Waals surface area contributed by atoms with Crippen LogP contribution in [0.5, 0.6) is 0 Å². The Morgan fingerprint density at radius 2 is 0.870 bits per heavy atom. The Kier molecular flexibility index (Phi) is 20.9. The van der Waals surface area contributed by atoms with Gasteiger partial charge in [-0.3, -0.25) is 0 Å². The third-order valence-corrected chi connectivity index (χ3v) is 4.38. The van der Waals surface area contributed by atoms with E-state index in [1.54, 1.807) is 0 Å². The van der Waals surface area contributed by atoms with E-state index in [9.17, 15) is 0 Å². The van der Waals surface area contributed by atoms with E-state index in [2.05, 4.69) is 31.2 Å². The standard InChI is InChI=1S/C22H43N/c1-2-3-4-5-6-7-8-9-10-11-12-13-14-15-16-17-18-19-20-21-22-23/h9-10,13-14H,2-8,11-12,15-23H2,1H3. The SMILES string of the molecule is CCCCCCCCC=CCCC=CCCCCCCCCN. The summed E-state index contributed by atoms with van der Waals surface area (Å²) in [7, 11) is 0. The third-order valence-electron chi connectivity index (χ3n) is 4.38. The van der Waals surface area contributed by atoms with Crippen LogP contribution >= 0.6 is 0 Å². The Hall–Kier alpha value is -0.560. The second-order valence-electron chi connectivity index (χ2n) is 6.78. The Morgan fingerprint density at radius 3 is 1.35 bits per heavy atom. The molecule has 1 heteroatoms. The summed E-state index contributed by atoms with van der Waals surface area (Å²) >= 11 is 0. The summed E-state index contributed by atoms with van der Waals surface area (Å²) in [6, 6.07) is 0. The fourth-order valence-electron chi connectivity index (χ4n) is 2.82. The molecule has 0 aromatic rings. The average Bonchev–Trinajstić information content (AvgIpc) is 2.57. The highest BCUT2D eigenvalue weighted by atomic mass is 14.5. The van der Waals surface area contributed by atoms with Gasteiger partial charge in [-0.1, -0.05) is 89.0 Å². The maximum absolute atomic E-state index is 5.49. The van der Waals surface area contributed by atoms with Gasteiger partial charge >= 0.3 is 0 Å². The van der Waals surface area contributed by atoms with Gasteiger partial charge in [0.05, 0.1) is 0 Å². The molecule has 0 amide bonds. The minimum absolute atomic E-state index is 0.857. The van der Waals surface area contributed by atoms with Crippen LogP contribution in [0.4, 0.5) is 0 Å². The van der Waals surface area contributed by atoms with Crippen LogP contribution in [0.2, 0.25) is 0 Å². The highest BCUT2D eigenvalue weighted by molar-refractivity contribution is 4.88. The van der Waals surface area contributed by atoms with Crippen LogP contribution in [-0.2, 0) is 0 Å². The second-order valence-corrected chi connectivity index (χ2v) is 6.78. The molecule has 0 saturated heterocycles. The van der Waals surface area contributed by atoms with E-state index in [-0.39, 0.29) is 0 Å². The molecule has 23 heavy (non-hydrogen) atoms. The molecule has 0 spiro atoms. The summed E-state index contributed by atoms with van der Waals surface area (Å²) in [5.74, 6) is 0. The van der Waals surface area contributed by atoms with Crippen LogP contribution in [0.1, 0.15) is 110 Å². The molecule has 0 aliphatic carbocycles. The maximum Gasteiger partial charge on any atom is -0.00773 e. The summed E-state index contributed by atoms with van der Waals surface area (Å²) in [5, 5.41) is 0. The first-order chi connectivity index (χ1) is 11.4. The lowest BCUT2D eigenvalue weighted by Gasteiger charge is -1.98. The highest BCUT2D eigenvalue weighted by Crippen LogP contribution is 2.09. The van der Waals surface area contributed by atoms with Crippen molar-refractivity contribution in [2.75, 3.05) is 6.54 Å². The van der Waals surface area contributed by atoms with Crippen LogP contribution < -0.4 is 5.73 Å². The van der Waals surface area contributed by atoms with Gasteiger partial charge in [0.25, 0.3) is 0 Å². The topological polar surface area (TPSA) is 26.0 Å². The number of allylic oxidation sites excluding steroid dienone is 4. The third kappa shape index (κ3) is 21.4. The molecule has 0 aliphatic rings. The van der Waals surface area contributed by atoms with Crippen molar-refractivity contribution < 1.29 is 0 Å². The number of unbranched alkanes of at least 4 members (excludes halogenated alkanes) is 13. The first-order valence-electron chi connectivity index (χ1n) is 10.4. The van der Waals surface area contributed by atoms with E-state index in [0.29, 0.717) is 0 Å². The molecule has 0 aliphatic heterocycles. The van der Waals surface area contributed by atoms with Gasteiger partial charge in [-0.25, -0.2) is 0 Å². The van der Waals surface area contributed by atoms with Gasteiger partial charge in [0.15, 0.2) is 0 Å². The summed E-state index contributed by atoms with van der Waals surface area (Å²) in [6.45, 7) is 3.14. The van der Waals surface area contributed by atoms with Crippen LogP contribution in [0.25, 0.3) is 0 Å². The van der Waals surface area contributed by atoms with Crippen molar-refractivity contribution in [2.24, 2.45) is 5.73 Å². The fraction of sp³-hybridized carbons (Fsp3) is 0.818. The van der Waals surface area contributed by atoms with Crippen LogP contribution in [0, 0.1) is 0 Å². The van der Waals surface area contributed by atoms with E-state index < -0.39 is 0 Å². The van der Waals surface area contributed by atoms with E-state index in [4.69, 9.17) is 5.73 Å². The molecule has 0 saturated carbocycles. The Bertz CT molecular complexity index is 255. The largest absolute Gasteiger partial charge is 0.330 e. The summed E-state index contributed by atoms with van der Waals surface area (Å²) in [5.41, 5.74) is 5.49. The zero-order chi connectivity index (χ0) is 16.8. The van der Waals surface area contributed by atoms with Gasteiger partial charge < -0.3 is 5.73 Å². The molecule has 0 radical (unpaired) electrons. The van der Waals surface area contributed by atoms with Crippen LogP contribution in [0.3, 0.4) is 0 Å². The minimum Gasteiger partial charge on any atom is -0.330 e. The fourth-order valence-corrected chi connectivity index (χ4v) is 2.82. The van der Waals surface area contributed by atoms with E-state index in [1.165, 1.54) is 103 Å². The molecular formula is C22H43N. The number of hydrogen-bond acceptors (Lipinski definition) is 1. The normalized spacial score (nSPS) is 11.9. The van der Waals surface area contributed by atoms with Gasteiger partial charge in [0.2, 0.25) is 0 Å². The van der Waals surface area contributed by atoms with Crippen LogP contribution in [0.15, 0.2) is 24.3 Å². The van der Waals surface area contributed by atoms with Gasteiger partial charge in [-0.2, -0.15) is 0 Å². The molecule has 136 valence electrons. The minimum atomic E-state index is 0.857. The Balaban J connectivity index is 3.14. The maximum atomic E-state index is 5.49. The van der Waals surface area contributed by atoms with Crippen LogP contribution in [-0.4, -0.2) is 6.54 Å². The molecule has 0 heterocycles. The van der Waals surface area contributed by atoms with Crippen molar-refractivity contribution in [3.05, 3.63) is 24.3 Å². The Labute approximate surface area is 146 Å². The monoisotopic (exact) mass is 321 g/mol. The highest BCUT2D eigenvalue weighted by Gasteiger charge is 1.90. The first-order valence-corrected chi connectivity index (χ1v) is 10.4. The predicted octanol–water partition coefficient (Wildman–Crippen LogP) is 7.32. The summed E-state index contributed by atoms with van der Waals surface area (Å²) in [4.78, 5) is 0. The predicted molar refractivity (Wildman–Crippen MR) is 107 cm³/mol. The molecule has 0 unspecified atom stereocenters. The van der Waals surface area contributed by atoms with Crippen molar-refractivity contribution in [3.63, 3.8) is 0 Å². The zero-order valence-corrected chi connectivity index (χ0v) is 15.9. The first kappa shape index (κ1) is 22.4. The average molecular weight is 322 g/mol. The van der Waals surface area contributed by atoms with Crippen molar-refractivity contribution >= 4 is 0 Å². The lowest BCUT2D eigenvalue weighted by Crippen LogP contribution is -1.97.